The average molecular weight is 285 g/mol. The van der Waals surface area contributed by atoms with Gasteiger partial charge in [-0.1, -0.05) is 0 Å². The summed E-state index contributed by atoms with van der Waals surface area (Å²) in [6.45, 7) is 1.90. The molecule has 2 N–H and O–H groups in total. The zero-order chi connectivity index (χ0) is 14.4. The molecule has 3 aromatic heterocycles. The first-order chi connectivity index (χ1) is 10.2. The predicted molar refractivity (Wildman–Crippen MR) is 74.8 cm³/mol. The van der Waals surface area contributed by atoms with E-state index in [0.29, 0.717) is 6.42 Å². The van der Waals surface area contributed by atoms with Gasteiger partial charge in [0.2, 0.25) is 0 Å². The maximum absolute atomic E-state index is 9.97. The van der Waals surface area contributed by atoms with Crippen molar-refractivity contribution in [2.24, 2.45) is 0 Å². The quantitative estimate of drug-likeness (QED) is 0.724. The van der Waals surface area contributed by atoms with Crippen LogP contribution in [0.4, 0.5) is 5.82 Å². The molecular formula is C13H15N7O. The SMILES string of the molecule is Cc1nc(N[C@H]2C[C@@H](O)[C@@H]2n2cccn2)cc2nncn12. The van der Waals surface area contributed by atoms with Gasteiger partial charge in [0, 0.05) is 18.5 Å². The van der Waals surface area contributed by atoms with Crippen LogP contribution >= 0.6 is 0 Å². The minimum Gasteiger partial charge on any atom is -0.391 e. The number of nitrogens with zero attached hydrogens (tertiary/aromatic N) is 6. The largest absolute Gasteiger partial charge is 0.391 e. The molecule has 1 fully saturated rings. The van der Waals surface area contributed by atoms with E-state index in [0.717, 1.165) is 17.3 Å². The van der Waals surface area contributed by atoms with Gasteiger partial charge >= 0.3 is 0 Å². The van der Waals surface area contributed by atoms with Crippen LogP contribution in [0, 0.1) is 6.92 Å². The van der Waals surface area contributed by atoms with Gasteiger partial charge in [-0.3, -0.25) is 9.08 Å². The minimum atomic E-state index is -0.389. The van der Waals surface area contributed by atoms with E-state index in [1.54, 1.807) is 17.2 Å². The molecule has 0 aliphatic heterocycles. The Morgan fingerprint density at radius 3 is 3.10 bits per heavy atom. The Kier molecular flexibility index (Phi) is 2.64. The molecule has 1 saturated carbocycles. The van der Waals surface area contributed by atoms with Crippen molar-refractivity contribution in [3.8, 4) is 0 Å². The van der Waals surface area contributed by atoms with Crippen molar-refractivity contribution in [1.82, 2.24) is 29.4 Å². The van der Waals surface area contributed by atoms with Crippen molar-refractivity contribution in [2.75, 3.05) is 5.32 Å². The number of aromatic nitrogens is 6. The highest BCUT2D eigenvalue weighted by Gasteiger charge is 2.42. The lowest BCUT2D eigenvalue weighted by atomic mass is 9.83. The number of aliphatic hydroxyl groups is 1. The van der Waals surface area contributed by atoms with Gasteiger partial charge in [0.1, 0.15) is 18.0 Å². The molecule has 3 atom stereocenters. The van der Waals surface area contributed by atoms with Gasteiger partial charge in [0.05, 0.1) is 18.2 Å². The third-order valence-electron chi connectivity index (χ3n) is 3.94. The smallest absolute Gasteiger partial charge is 0.165 e. The molecule has 0 bridgehead atoms. The molecule has 0 unspecified atom stereocenters. The molecule has 1 aliphatic rings. The number of nitrogens with one attached hydrogen (secondary N) is 1. The monoisotopic (exact) mass is 285 g/mol. The standard InChI is InChI=1S/C13H15N7O/c1-8-16-11(6-12-18-14-7-19(8)12)17-9-5-10(21)13(9)20-4-2-3-15-20/h2-4,6-7,9-10,13,17,21H,5H2,1H3/t9-,10+,13+/m0/s1. The van der Waals surface area contributed by atoms with Crippen LogP contribution in [0.1, 0.15) is 18.3 Å². The van der Waals surface area contributed by atoms with Crippen molar-refractivity contribution >= 4 is 11.5 Å². The second-order valence-electron chi connectivity index (χ2n) is 5.28. The highest BCUT2D eigenvalue weighted by molar-refractivity contribution is 5.50. The molecular weight excluding hydrogens is 270 g/mol. The number of anilines is 1. The molecule has 1 aliphatic carbocycles. The van der Waals surface area contributed by atoms with Crippen LogP contribution in [0.3, 0.4) is 0 Å². The van der Waals surface area contributed by atoms with Gasteiger partial charge in [0.15, 0.2) is 5.65 Å². The predicted octanol–water partition coefficient (Wildman–Crippen LogP) is 0.416. The van der Waals surface area contributed by atoms with Crippen LogP contribution in [0.25, 0.3) is 5.65 Å². The second-order valence-corrected chi connectivity index (χ2v) is 5.28. The lowest BCUT2D eigenvalue weighted by Crippen LogP contribution is -2.51. The molecule has 108 valence electrons. The summed E-state index contributed by atoms with van der Waals surface area (Å²) in [6.07, 6.45) is 5.50. The van der Waals surface area contributed by atoms with E-state index >= 15 is 0 Å². The van der Waals surface area contributed by atoms with E-state index in [2.05, 4.69) is 25.6 Å². The second kappa shape index (κ2) is 4.52. The van der Waals surface area contributed by atoms with Crippen LogP contribution in [0.5, 0.6) is 0 Å². The number of hydrogen-bond acceptors (Lipinski definition) is 6. The summed E-state index contributed by atoms with van der Waals surface area (Å²) >= 11 is 0. The summed E-state index contributed by atoms with van der Waals surface area (Å²) < 4.78 is 3.61. The van der Waals surface area contributed by atoms with Crippen molar-refractivity contribution in [3.05, 3.63) is 36.7 Å². The van der Waals surface area contributed by atoms with Crippen molar-refractivity contribution < 1.29 is 5.11 Å². The normalized spacial score (nSPS) is 25.0. The summed E-state index contributed by atoms with van der Waals surface area (Å²) in [5, 5.41) is 25.5. The van der Waals surface area contributed by atoms with Crippen molar-refractivity contribution in [3.63, 3.8) is 0 Å². The van der Waals surface area contributed by atoms with Crippen molar-refractivity contribution in [2.45, 2.75) is 31.5 Å². The molecule has 21 heavy (non-hydrogen) atoms. The Morgan fingerprint density at radius 1 is 1.43 bits per heavy atom. The number of rotatable bonds is 3. The minimum absolute atomic E-state index is 0.0730. The highest BCUT2D eigenvalue weighted by Crippen LogP contribution is 2.34. The zero-order valence-corrected chi connectivity index (χ0v) is 11.5. The zero-order valence-electron chi connectivity index (χ0n) is 11.5. The first kappa shape index (κ1) is 12.3. The van der Waals surface area contributed by atoms with Gasteiger partial charge in [-0.15, -0.1) is 10.2 Å². The number of hydrogen-bond donors (Lipinski definition) is 2. The molecule has 8 heteroatoms. The molecule has 3 aromatic rings. The van der Waals surface area contributed by atoms with E-state index in [9.17, 15) is 5.11 Å². The molecule has 0 radical (unpaired) electrons. The Bertz CT molecular complexity index is 766. The first-order valence-corrected chi connectivity index (χ1v) is 6.83. The van der Waals surface area contributed by atoms with E-state index in [1.807, 2.05) is 29.7 Å². The molecule has 0 aromatic carbocycles. The van der Waals surface area contributed by atoms with Crippen LogP contribution < -0.4 is 5.32 Å². The molecule has 3 heterocycles. The lowest BCUT2D eigenvalue weighted by Gasteiger charge is -2.42. The topological polar surface area (TPSA) is 93.2 Å². The molecule has 4 rings (SSSR count). The van der Waals surface area contributed by atoms with Gasteiger partial charge in [-0.05, 0) is 19.4 Å². The molecule has 0 spiro atoms. The summed E-state index contributed by atoms with van der Waals surface area (Å²) in [4.78, 5) is 4.50. The maximum atomic E-state index is 9.97. The van der Waals surface area contributed by atoms with E-state index < -0.39 is 0 Å². The fourth-order valence-corrected chi connectivity index (χ4v) is 2.81. The van der Waals surface area contributed by atoms with Gasteiger partial charge < -0.3 is 10.4 Å². The number of aliphatic hydroxyl groups excluding tert-OH is 1. The summed E-state index contributed by atoms with van der Waals surface area (Å²) in [7, 11) is 0. The summed E-state index contributed by atoms with van der Waals surface area (Å²) in [6, 6.07) is 3.73. The van der Waals surface area contributed by atoms with Crippen molar-refractivity contribution in [1.29, 1.82) is 0 Å². The van der Waals surface area contributed by atoms with Gasteiger partial charge in [-0.2, -0.15) is 5.10 Å². The Balaban J connectivity index is 1.60. The number of aryl methyl sites for hydroxylation is 1. The summed E-state index contributed by atoms with van der Waals surface area (Å²) in [5.41, 5.74) is 0.750. The van der Waals surface area contributed by atoms with Crippen LogP contribution in [-0.2, 0) is 0 Å². The van der Waals surface area contributed by atoms with Gasteiger partial charge in [-0.25, -0.2) is 4.98 Å². The average Bonchev–Trinajstić information content (AvgIpc) is 3.09. The van der Waals surface area contributed by atoms with Crippen LogP contribution in [0.2, 0.25) is 0 Å². The first-order valence-electron chi connectivity index (χ1n) is 6.83. The number of fused-ring (bicyclic) bond motifs is 1. The van der Waals surface area contributed by atoms with Crippen LogP contribution in [0.15, 0.2) is 30.9 Å². The molecule has 0 amide bonds. The van der Waals surface area contributed by atoms with Gasteiger partial charge in [0.25, 0.3) is 0 Å². The Labute approximate surface area is 120 Å². The fraction of sp³-hybridized carbons (Fsp3) is 0.385. The molecule has 0 saturated heterocycles. The molecule has 8 nitrogen and oxygen atoms in total. The maximum Gasteiger partial charge on any atom is 0.165 e. The fourth-order valence-electron chi connectivity index (χ4n) is 2.81. The summed E-state index contributed by atoms with van der Waals surface area (Å²) in [5.74, 6) is 1.55. The van der Waals surface area contributed by atoms with Crippen LogP contribution in [-0.4, -0.2) is 46.6 Å². The van der Waals surface area contributed by atoms with E-state index in [-0.39, 0.29) is 18.2 Å². The van der Waals surface area contributed by atoms with E-state index in [4.69, 9.17) is 0 Å². The lowest BCUT2D eigenvalue weighted by molar-refractivity contribution is 0.0133. The third-order valence-corrected chi connectivity index (χ3v) is 3.94. The third kappa shape index (κ3) is 1.95. The Morgan fingerprint density at radius 2 is 2.33 bits per heavy atom. The highest BCUT2D eigenvalue weighted by atomic mass is 16.3. The van der Waals surface area contributed by atoms with E-state index in [1.165, 1.54) is 0 Å². The Hall–Kier alpha value is -2.48.